The number of nitrogens with one attached hydrogen (secondary N) is 2. The Balaban J connectivity index is 2.69. The summed E-state index contributed by atoms with van der Waals surface area (Å²) in [5.74, 6) is -0.170. The first-order valence-electron chi connectivity index (χ1n) is 5.73. The van der Waals surface area contributed by atoms with E-state index in [-0.39, 0.29) is 18.0 Å². The predicted octanol–water partition coefficient (Wildman–Crippen LogP) is -0.867. The molecule has 0 aromatic carbocycles. The van der Waals surface area contributed by atoms with Gasteiger partial charge >= 0.3 is 0 Å². The maximum Gasteiger partial charge on any atom is 0.240 e. The molecule has 17 heavy (non-hydrogen) atoms. The molecule has 0 saturated carbocycles. The number of amides is 1. The molecule has 1 rings (SSSR count). The van der Waals surface area contributed by atoms with Crippen molar-refractivity contribution < 1.29 is 13.2 Å². The van der Waals surface area contributed by atoms with E-state index in [2.05, 4.69) is 10.0 Å². The van der Waals surface area contributed by atoms with E-state index in [4.69, 9.17) is 0 Å². The second-order valence-electron chi connectivity index (χ2n) is 4.63. The molecule has 2 N–H and O–H groups in total. The van der Waals surface area contributed by atoms with Crippen LogP contribution in [0.25, 0.3) is 0 Å². The second-order valence-corrected chi connectivity index (χ2v) is 6.41. The van der Waals surface area contributed by atoms with E-state index in [0.717, 1.165) is 12.8 Å². The molecule has 0 spiro atoms. The predicted molar refractivity (Wildman–Crippen MR) is 66.1 cm³/mol. The molecule has 1 aliphatic heterocycles. The number of sulfonamides is 1. The fourth-order valence-corrected chi connectivity index (χ4v) is 2.73. The zero-order valence-corrected chi connectivity index (χ0v) is 11.5. The highest BCUT2D eigenvalue weighted by atomic mass is 32.2. The Bertz CT molecular complexity index is 382. The normalized spacial score (nSPS) is 27.9. The van der Waals surface area contributed by atoms with Crippen LogP contribution in [0.3, 0.4) is 0 Å². The van der Waals surface area contributed by atoms with Gasteiger partial charge in [-0.1, -0.05) is 0 Å². The third-order valence-electron chi connectivity index (χ3n) is 3.08. The summed E-state index contributed by atoms with van der Waals surface area (Å²) in [6.07, 6.45) is 1.06. The number of carbonyl (C=O) groups is 1. The highest BCUT2D eigenvalue weighted by Crippen LogP contribution is 2.10. The van der Waals surface area contributed by atoms with Crippen molar-refractivity contribution in [1.29, 1.82) is 0 Å². The van der Waals surface area contributed by atoms with Gasteiger partial charge in [0.05, 0.1) is 12.3 Å². The lowest BCUT2D eigenvalue weighted by Crippen LogP contribution is -2.60. The van der Waals surface area contributed by atoms with Gasteiger partial charge in [-0.25, -0.2) is 13.1 Å². The monoisotopic (exact) mass is 263 g/mol. The summed E-state index contributed by atoms with van der Waals surface area (Å²) < 4.78 is 24.5. The summed E-state index contributed by atoms with van der Waals surface area (Å²) in [7, 11) is -3.35. The van der Waals surface area contributed by atoms with Crippen LogP contribution in [0.4, 0.5) is 0 Å². The Hall–Kier alpha value is -0.660. The quantitative estimate of drug-likeness (QED) is 0.694. The van der Waals surface area contributed by atoms with Crippen molar-refractivity contribution in [3.63, 3.8) is 0 Å². The summed E-state index contributed by atoms with van der Waals surface area (Å²) in [4.78, 5) is 13.8. The summed E-state index contributed by atoms with van der Waals surface area (Å²) in [6.45, 7) is 6.90. The van der Waals surface area contributed by atoms with Gasteiger partial charge in [0.25, 0.3) is 0 Å². The van der Waals surface area contributed by atoms with E-state index in [1.54, 1.807) is 11.8 Å². The lowest BCUT2D eigenvalue weighted by atomic mass is 10.1. The number of piperazine rings is 1. The number of carbonyl (C=O) groups excluding carboxylic acids is 1. The molecule has 1 heterocycles. The van der Waals surface area contributed by atoms with Gasteiger partial charge in [-0.2, -0.15) is 0 Å². The lowest BCUT2D eigenvalue weighted by molar-refractivity contribution is -0.136. The van der Waals surface area contributed by atoms with Gasteiger partial charge in [0.1, 0.15) is 0 Å². The summed E-state index contributed by atoms with van der Waals surface area (Å²) in [6, 6.07) is -0.420. The average Bonchev–Trinajstić information content (AvgIpc) is 2.18. The van der Waals surface area contributed by atoms with Crippen molar-refractivity contribution in [2.75, 3.05) is 19.3 Å². The molecule has 1 saturated heterocycles. The van der Waals surface area contributed by atoms with Gasteiger partial charge in [0.2, 0.25) is 15.9 Å². The molecule has 6 nitrogen and oxygen atoms in total. The fourth-order valence-electron chi connectivity index (χ4n) is 1.99. The van der Waals surface area contributed by atoms with Gasteiger partial charge < -0.3 is 10.2 Å². The van der Waals surface area contributed by atoms with Crippen LogP contribution in [0.2, 0.25) is 0 Å². The Morgan fingerprint density at radius 1 is 1.47 bits per heavy atom. The minimum atomic E-state index is -3.35. The lowest BCUT2D eigenvalue weighted by Gasteiger charge is -2.39. The molecule has 1 fully saturated rings. The first-order valence-corrected chi connectivity index (χ1v) is 7.62. The molecular weight excluding hydrogens is 242 g/mol. The van der Waals surface area contributed by atoms with Crippen LogP contribution in [0, 0.1) is 0 Å². The van der Waals surface area contributed by atoms with Crippen LogP contribution >= 0.6 is 0 Å². The molecular formula is C10H21N3O3S. The van der Waals surface area contributed by atoms with Crippen LogP contribution in [-0.2, 0) is 14.8 Å². The third-order valence-corrected chi connectivity index (χ3v) is 3.86. The third kappa shape index (κ3) is 3.93. The van der Waals surface area contributed by atoms with Crippen molar-refractivity contribution in [2.24, 2.45) is 0 Å². The zero-order valence-electron chi connectivity index (χ0n) is 10.7. The van der Waals surface area contributed by atoms with Crippen molar-refractivity contribution >= 4 is 15.9 Å². The Labute approximate surface area is 103 Å². The molecule has 0 aromatic heterocycles. The summed E-state index contributed by atoms with van der Waals surface area (Å²) in [5.41, 5.74) is 0. The Morgan fingerprint density at radius 2 is 2.06 bits per heavy atom. The number of rotatable bonds is 3. The topological polar surface area (TPSA) is 78.5 Å². The minimum absolute atomic E-state index is 0.0695. The molecule has 0 aliphatic carbocycles. The highest BCUT2D eigenvalue weighted by Gasteiger charge is 2.31. The maximum absolute atomic E-state index is 12.1. The van der Waals surface area contributed by atoms with Gasteiger partial charge in [-0.3, -0.25) is 4.79 Å². The fraction of sp³-hybridized carbons (Fsp3) is 0.900. The molecule has 3 unspecified atom stereocenters. The van der Waals surface area contributed by atoms with Crippen molar-refractivity contribution in [2.45, 2.75) is 38.9 Å². The molecule has 0 radical (unpaired) electrons. The molecule has 0 aromatic rings. The Morgan fingerprint density at radius 3 is 2.59 bits per heavy atom. The van der Waals surface area contributed by atoms with E-state index in [9.17, 15) is 13.2 Å². The van der Waals surface area contributed by atoms with Crippen LogP contribution in [-0.4, -0.2) is 56.7 Å². The molecule has 100 valence electrons. The summed E-state index contributed by atoms with van der Waals surface area (Å²) in [5, 5.41) is 3.27. The van der Waals surface area contributed by atoms with Gasteiger partial charge in [-0.05, 0) is 20.8 Å². The molecule has 3 atom stereocenters. The maximum atomic E-state index is 12.1. The largest absolute Gasteiger partial charge is 0.336 e. The van der Waals surface area contributed by atoms with Gasteiger partial charge in [0.15, 0.2) is 0 Å². The first kappa shape index (κ1) is 14.4. The first-order chi connectivity index (χ1) is 7.72. The zero-order chi connectivity index (χ0) is 13.2. The molecule has 7 heteroatoms. The number of nitrogens with zero attached hydrogens (tertiary/aromatic N) is 1. The van der Waals surface area contributed by atoms with E-state index >= 15 is 0 Å². The molecule has 0 bridgehead atoms. The standard InChI is InChI=1S/C10H21N3O3S/c1-7-9(3)13(6-5-11-7)10(14)8(2)12-17(4,15)16/h7-9,11-12H,5-6H2,1-4H3. The minimum Gasteiger partial charge on any atom is -0.336 e. The van der Waals surface area contributed by atoms with Crippen LogP contribution in [0.1, 0.15) is 20.8 Å². The van der Waals surface area contributed by atoms with Crippen LogP contribution in [0.15, 0.2) is 0 Å². The number of hydrogen-bond donors (Lipinski definition) is 2. The van der Waals surface area contributed by atoms with E-state index in [1.807, 2.05) is 13.8 Å². The van der Waals surface area contributed by atoms with Crippen molar-refractivity contribution in [3.05, 3.63) is 0 Å². The second kappa shape index (κ2) is 5.32. The number of hydrogen-bond acceptors (Lipinski definition) is 4. The van der Waals surface area contributed by atoms with E-state index in [0.29, 0.717) is 6.54 Å². The molecule has 1 aliphatic rings. The SMILES string of the molecule is CC(NS(C)(=O)=O)C(=O)N1CCNC(C)C1C. The van der Waals surface area contributed by atoms with Crippen LogP contribution < -0.4 is 10.0 Å². The molecule has 1 amide bonds. The summed E-state index contributed by atoms with van der Waals surface area (Å²) >= 11 is 0. The highest BCUT2D eigenvalue weighted by molar-refractivity contribution is 7.88. The van der Waals surface area contributed by atoms with Gasteiger partial charge in [0, 0.05) is 25.2 Å². The average molecular weight is 263 g/mol. The van der Waals surface area contributed by atoms with Crippen LogP contribution in [0.5, 0.6) is 0 Å². The van der Waals surface area contributed by atoms with E-state index in [1.165, 1.54) is 0 Å². The Kier molecular flexibility index (Phi) is 4.51. The van der Waals surface area contributed by atoms with Crippen molar-refractivity contribution in [1.82, 2.24) is 14.9 Å². The van der Waals surface area contributed by atoms with E-state index < -0.39 is 16.1 Å². The smallest absolute Gasteiger partial charge is 0.240 e. The van der Waals surface area contributed by atoms with Crippen molar-refractivity contribution in [3.8, 4) is 0 Å². The van der Waals surface area contributed by atoms with Gasteiger partial charge in [-0.15, -0.1) is 0 Å².